The third-order valence-corrected chi connectivity index (χ3v) is 4.56. The summed E-state index contributed by atoms with van der Waals surface area (Å²) in [5.41, 5.74) is 4.23. The minimum absolute atomic E-state index is 0.0386. The van der Waals surface area contributed by atoms with E-state index in [0.717, 1.165) is 22.0 Å². The summed E-state index contributed by atoms with van der Waals surface area (Å²) in [5.74, 6) is 0. The van der Waals surface area contributed by atoms with Gasteiger partial charge in [0.05, 0.1) is 5.52 Å². The van der Waals surface area contributed by atoms with Gasteiger partial charge in [0.1, 0.15) is 0 Å². The van der Waals surface area contributed by atoms with E-state index in [1.165, 1.54) is 31.2 Å². The number of aryl methyl sites for hydroxylation is 2. The van der Waals surface area contributed by atoms with E-state index in [0.29, 0.717) is 12.6 Å². The Morgan fingerprint density at radius 2 is 2.00 bits per heavy atom. The molecule has 2 aromatic rings. The molecule has 0 amide bonds. The first-order valence-electron chi connectivity index (χ1n) is 7.50. The fourth-order valence-electron chi connectivity index (χ4n) is 3.09. The van der Waals surface area contributed by atoms with Crippen LogP contribution in [0.15, 0.2) is 23.0 Å². The number of benzene rings is 1. The van der Waals surface area contributed by atoms with Crippen LogP contribution in [-0.2, 0) is 6.54 Å². The number of nitrogens with one attached hydrogen (secondary N) is 2. The first kappa shape index (κ1) is 13.4. The Morgan fingerprint density at radius 3 is 2.75 bits per heavy atom. The summed E-state index contributed by atoms with van der Waals surface area (Å²) in [6, 6.07) is 6.82. The van der Waals surface area contributed by atoms with Crippen molar-refractivity contribution in [1.29, 1.82) is 0 Å². The number of hydrogen-bond donors (Lipinski definition) is 2. The van der Waals surface area contributed by atoms with E-state index in [-0.39, 0.29) is 5.56 Å². The zero-order valence-corrected chi connectivity index (χ0v) is 12.3. The maximum Gasteiger partial charge on any atom is 0.252 e. The Morgan fingerprint density at radius 1 is 1.25 bits per heavy atom. The molecule has 0 aliphatic heterocycles. The summed E-state index contributed by atoms with van der Waals surface area (Å²) in [5, 5.41) is 4.63. The van der Waals surface area contributed by atoms with Crippen molar-refractivity contribution in [3.63, 3.8) is 0 Å². The molecule has 1 aromatic carbocycles. The molecule has 0 bridgehead atoms. The zero-order chi connectivity index (χ0) is 14.1. The molecule has 20 heavy (non-hydrogen) atoms. The van der Waals surface area contributed by atoms with Gasteiger partial charge >= 0.3 is 0 Å². The molecule has 1 aromatic heterocycles. The molecule has 1 saturated carbocycles. The molecule has 3 rings (SSSR count). The van der Waals surface area contributed by atoms with Gasteiger partial charge in [0.25, 0.3) is 5.56 Å². The molecule has 0 atom stereocenters. The lowest BCUT2D eigenvalue weighted by atomic mass is 10.0. The maximum atomic E-state index is 12.2. The van der Waals surface area contributed by atoms with Crippen molar-refractivity contribution in [2.24, 2.45) is 0 Å². The van der Waals surface area contributed by atoms with Gasteiger partial charge in [-0.2, -0.15) is 0 Å². The van der Waals surface area contributed by atoms with Crippen LogP contribution < -0.4 is 10.9 Å². The van der Waals surface area contributed by atoms with Crippen LogP contribution in [0.1, 0.15) is 42.4 Å². The van der Waals surface area contributed by atoms with Crippen LogP contribution in [0, 0.1) is 13.8 Å². The lowest BCUT2D eigenvalue weighted by Crippen LogP contribution is -2.28. The average Bonchev–Trinajstić information content (AvgIpc) is 2.95. The highest BCUT2D eigenvalue weighted by molar-refractivity contribution is 5.83. The standard InChI is InChI=1S/C17H22N2O/c1-11-7-8-13-9-14(10-18-15-5-3-4-6-15)17(20)19-16(13)12(11)2/h7-9,15,18H,3-6,10H2,1-2H3,(H,19,20). The second-order valence-corrected chi connectivity index (χ2v) is 5.96. The van der Waals surface area contributed by atoms with Crippen molar-refractivity contribution >= 4 is 10.9 Å². The Hall–Kier alpha value is -1.61. The van der Waals surface area contributed by atoms with Gasteiger partial charge in [-0.25, -0.2) is 0 Å². The van der Waals surface area contributed by atoms with E-state index in [1.807, 2.05) is 6.07 Å². The van der Waals surface area contributed by atoms with E-state index in [9.17, 15) is 4.79 Å². The van der Waals surface area contributed by atoms with Crippen LogP contribution in [0.3, 0.4) is 0 Å². The van der Waals surface area contributed by atoms with E-state index < -0.39 is 0 Å². The minimum atomic E-state index is 0.0386. The van der Waals surface area contributed by atoms with Gasteiger partial charge in [-0.15, -0.1) is 0 Å². The predicted octanol–water partition coefficient (Wildman–Crippen LogP) is 3.18. The van der Waals surface area contributed by atoms with Crippen molar-refractivity contribution in [1.82, 2.24) is 10.3 Å². The second-order valence-electron chi connectivity index (χ2n) is 5.96. The van der Waals surface area contributed by atoms with Gasteiger partial charge in [-0.05, 0) is 49.3 Å². The summed E-state index contributed by atoms with van der Waals surface area (Å²) in [7, 11) is 0. The lowest BCUT2D eigenvalue weighted by molar-refractivity contribution is 0.523. The van der Waals surface area contributed by atoms with Gasteiger partial charge in [0.15, 0.2) is 0 Å². The van der Waals surface area contributed by atoms with Gasteiger partial charge < -0.3 is 10.3 Å². The van der Waals surface area contributed by atoms with Crippen molar-refractivity contribution in [3.05, 3.63) is 45.2 Å². The van der Waals surface area contributed by atoms with Gasteiger partial charge in [0.2, 0.25) is 0 Å². The molecule has 1 aliphatic rings. The van der Waals surface area contributed by atoms with Crippen molar-refractivity contribution in [3.8, 4) is 0 Å². The monoisotopic (exact) mass is 270 g/mol. The molecule has 106 valence electrons. The summed E-state index contributed by atoms with van der Waals surface area (Å²) in [4.78, 5) is 15.3. The molecule has 0 saturated heterocycles. The van der Waals surface area contributed by atoms with Gasteiger partial charge in [0, 0.05) is 18.2 Å². The van der Waals surface area contributed by atoms with Crippen molar-refractivity contribution in [2.45, 2.75) is 52.1 Å². The number of pyridine rings is 1. The normalized spacial score (nSPS) is 16.1. The first-order valence-corrected chi connectivity index (χ1v) is 7.50. The highest BCUT2D eigenvalue weighted by Crippen LogP contribution is 2.20. The van der Waals surface area contributed by atoms with Crippen LogP contribution in [0.25, 0.3) is 10.9 Å². The molecule has 0 spiro atoms. The SMILES string of the molecule is Cc1ccc2cc(CNC3CCCC3)c(=O)[nH]c2c1C. The molecule has 0 unspecified atom stereocenters. The van der Waals surface area contributed by atoms with Crippen LogP contribution in [-0.4, -0.2) is 11.0 Å². The van der Waals surface area contributed by atoms with E-state index in [2.05, 4.69) is 36.3 Å². The molecule has 1 aliphatic carbocycles. The topological polar surface area (TPSA) is 44.9 Å². The molecule has 0 radical (unpaired) electrons. The average molecular weight is 270 g/mol. The Balaban J connectivity index is 1.90. The quantitative estimate of drug-likeness (QED) is 0.899. The minimum Gasteiger partial charge on any atom is -0.321 e. The third kappa shape index (κ3) is 2.50. The molecule has 3 heteroatoms. The molecule has 1 heterocycles. The zero-order valence-electron chi connectivity index (χ0n) is 12.3. The van der Waals surface area contributed by atoms with E-state index >= 15 is 0 Å². The summed E-state index contributed by atoms with van der Waals surface area (Å²) in [6.45, 7) is 4.80. The molecular formula is C17H22N2O. The number of rotatable bonds is 3. The maximum absolute atomic E-state index is 12.2. The summed E-state index contributed by atoms with van der Waals surface area (Å²) < 4.78 is 0. The second kappa shape index (κ2) is 5.41. The van der Waals surface area contributed by atoms with Crippen LogP contribution >= 0.6 is 0 Å². The van der Waals surface area contributed by atoms with Gasteiger partial charge in [-0.3, -0.25) is 4.79 Å². The fraction of sp³-hybridized carbons (Fsp3) is 0.471. The Kier molecular flexibility index (Phi) is 3.62. The first-order chi connectivity index (χ1) is 9.65. The Labute approximate surface area is 119 Å². The van der Waals surface area contributed by atoms with Crippen LogP contribution in [0.4, 0.5) is 0 Å². The lowest BCUT2D eigenvalue weighted by Gasteiger charge is -2.12. The molecule has 2 N–H and O–H groups in total. The van der Waals surface area contributed by atoms with Crippen molar-refractivity contribution < 1.29 is 0 Å². The number of aromatic amines is 1. The third-order valence-electron chi connectivity index (χ3n) is 4.56. The highest BCUT2D eigenvalue weighted by atomic mass is 16.1. The molecular weight excluding hydrogens is 248 g/mol. The predicted molar refractivity (Wildman–Crippen MR) is 83.1 cm³/mol. The Bertz CT molecular complexity index is 681. The smallest absolute Gasteiger partial charge is 0.252 e. The van der Waals surface area contributed by atoms with Gasteiger partial charge in [-0.1, -0.05) is 25.0 Å². The number of hydrogen-bond acceptors (Lipinski definition) is 2. The number of aromatic nitrogens is 1. The molecule has 3 nitrogen and oxygen atoms in total. The van der Waals surface area contributed by atoms with Crippen LogP contribution in [0.5, 0.6) is 0 Å². The van der Waals surface area contributed by atoms with Crippen molar-refractivity contribution in [2.75, 3.05) is 0 Å². The fourth-order valence-corrected chi connectivity index (χ4v) is 3.09. The number of H-pyrrole nitrogens is 1. The van der Waals surface area contributed by atoms with Crippen LogP contribution in [0.2, 0.25) is 0 Å². The highest BCUT2D eigenvalue weighted by Gasteiger charge is 2.14. The van der Waals surface area contributed by atoms with E-state index in [1.54, 1.807) is 0 Å². The van der Waals surface area contributed by atoms with E-state index in [4.69, 9.17) is 0 Å². The largest absolute Gasteiger partial charge is 0.321 e. The summed E-state index contributed by atoms with van der Waals surface area (Å²) >= 11 is 0. The molecule has 1 fully saturated rings. The number of fused-ring (bicyclic) bond motifs is 1. The summed E-state index contributed by atoms with van der Waals surface area (Å²) in [6.07, 6.45) is 5.10.